The zero-order valence-corrected chi connectivity index (χ0v) is 12.1. The third-order valence-corrected chi connectivity index (χ3v) is 3.21. The molecule has 1 amide bonds. The van der Waals surface area contributed by atoms with Crippen molar-refractivity contribution in [2.45, 2.75) is 19.3 Å². The predicted octanol–water partition coefficient (Wildman–Crippen LogP) is 1.58. The van der Waals surface area contributed by atoms with Crippen molar-refractivity contribution in [2.24, 2.45) is 5.92 Å². The standard InChI is InChI=1S/C17H21NO3/c19-11-4-3-6-15-5-1-2-7-16(15)17(20)18-10-12-21-13-14-8-9-14/h1-2,5,7,14,19H,4,8-13H2,(H,18,20). The van der Waals surface area contributed by atoms with E-state index in [0.717, 1.165) is 12.5 Å². The smallest absolute Gasteiger partial charge is 0.252 e. The quantitative estimate of drug-likeness (QED) is 0.591. The molecule has 2 rings (SSSR count). The maximum absolute atomic E-state index is 12.1. The van der Waals surface area contributed by atoms with E-state index in [-0.39, 0.29) is 12.5 Å². The zero-order valence-electron chi connectivity index (χ0n) is 12.1. The number of carbonyl (C=O) groups is 1. The number of amides is 1. The highest BCUT2D eigenvalue weighted by Crippen LogP contribution is 2.28. The number of aliphatic hydroxyl groups excluding tert-OH is 1. The molecule has 0 aromatic heterocycles. The van der Waals surface area contributed by atoms with Gasteiger partial charge >= 0.3 is 0 Å². The number of rotatable bonds is 7. The maximum atomic E-state index is 12.1. The van der Waals surface area contributed by atoms with E-state index >= 15 is 0 Å². The molecular weight excluding hydrogens is 266 g/mol. The van der Waals surface area contributed by atoms with E-state index in [2.05, 4.69) is 17.2 Å². The van der Waals surface area contributed by atoms with Gasteiger partial charge in [-0.15, -0.1) is 0 Å². The van der Waals surface area contributed by atoms with Gasteiger partial charge in [0.1, 0.15) is 0 Å². The number of hydrogen-bond acceptors (Lipinski definition) is 3. The Balaban J connectivity index is 1.81. The second-order valence-electron chi connectivity index (χ2n) is 5.10. The lowest BCUT2D eigenvalue weighted by Gasteiger charge is -2.07. The molecule has 0 atom stereocenters. The molecule has 1 aliphatic carbocycles. The summed E-state index contributed by atoms with van der Waals surface area (Å²) >= 11 is 0. The normalized spacial score (nSPS) is 13.4. The number of nitrogens with one attached hydrogen (secondary N) is 1. The lowest BCUT2D eigenvalue weighted by atomic mass is 10.1. The molecule has 0 aliphatic heterocycles. The van der Waals surface area contributed by atoms with Crippen molar-refractivity contribution in [2.75, 3.05) is 26.4 Å². The molecule has 0 heterocycles. The first kappa shape index (κ1) is 15.6. The molecule has 0 spiro atoms. The Labute approximate surface area is 125 Å². The number of ether oxygens (including phenoxy) is 1. The van der Waals surface area contributed by atoms with Crippen LogP contribution < -0.4 is 5.32 Å². The second-order valence-corrected chi connectivity index (χ2v) is 5.10. The Morgan fingerprint density at radius 1 is 1.38 bits per heavy atom. The summed E-state index contributed by atoms with van der Waals surface area (Å²) in [4.78, 5) is 12.1. The lowest BCUT2D eigenvalue weighted by Crippen LogP contribution is -2.28. The minimum Gasteiger partial charge on any atom is -0.395 e. The van der Waals surface area contributed by atoms with Crippen molar-refractivity contribution >= 4 is 5.91 Å². The molecule has 4 nitrogen and oxygen atoms in total. The van der Waals surface area contributed by atoms with E-state index in [1.165, 1.54) is 12.8 Å². The Morgan fingerprint density at radius 3 is 2.95 bits per heavy atom. The van der Waals surface area contributed by atoms with E-state index in [0.29, 0.717) is 30.7 Å². The number of hydrogen-bond donors (Lipinski definition) is 2. The van der Waals surface area contributed by atoms with Crippen LogP contribution in [-0.2, 0) is 4.74 Å². The summed E-state index contributed by atoms with van der Waals surface area (Å²) in [5.74, 6) is 6.35. The minimum absolute atomic E-state index is 0.0275. The summed E-state index contributed by atoms with van der Waals surface area (Å²) in [6.07, 6.45) is 2.95. The van der Waals surface area contributed by atoms with Crippen LogP contribution in [0, 0.1) is 17.8 Å². The Morgan fingerprint density at radius 2 is 2.19 bits per heavy atom. The van der Waals surface area contributed by atoms with Crippen molar-refractivity contribution < 1.29 is 14.6 Å². The van der Waals surface area contributed by atoms with Crippen LogP contribution in [0.3, 0.4) is 0 Å². The van der Waals surface area contributed by atoms with Crippen molar-refractivity contribution in [3.05, 3.63) is 35.4 Å². The SMILES string of the molecule is O=C(NCCOCC1CC1)c1ccccc1C#CCCO. The fourth-order valence-electron chi connectivity index (χ4n) is 1.87. The second kappa shape index (κ2) is 8.46. The third-order valence-electron chi connectivity index (χ3n) is 3.21. The van der Waals surface area contributed by atoms with Crippen molar-refractivity contribution in [1.82, 2.24) is 5.32 Å². The number of carbonyl (C=O) groups excluding carboxylic acids is 1. The summed E-state index contributed by atoms with van der Waals surface area (Å²) in [6.45, 7) is 1.88. The van der Waals surface area contributed by atoms with Crippen LogP contribution in [0.15, 0.2) is 24.3 Å². The predicted molar refractivity (Wildman–Crippen MR) is 80.9 cm³/mol. The Kier molecular flexibility index (Phi) is 6.26. The van der Waals surface area contributed by atoms with Gasteiger partial charge < -0.3 is 15.2 Å². The van der Waals surface area contributed by atoms with Crippen molar-refractivity contribution in [3.8, 4) is 11.8 Å². The molecule has 2 N–H and O–H groups in total. The van der Waals surface area contributed by atoms with Crippen LogP contribution in [-0.4, -0.2) is 37.4 Å². The average molecular weight is 287 g/mol. The summed E-state index contributed by atoms with van der Waals surface area (Å²) in [5, 5.41) is 11.6. The lowest BCUT2D eigenvalue weighted by molar-refractivity contribution is 0.0906. The molecule has 0 saturated heterocycles. The van der Waals surface area contributed by atoms with Gasteiger partial charge in [0.25, 0.3) is 5.91 Å². The van der Waals surface area contributed by atoms with E-state index in [1.54, 1.807) is 6.07 Å². The van der Waals surface area contributed by atoms with Gasteiger partial charge in [-0.1, -0.05) is 24.0 Å². The summed E-state index contributed by atoms with van der Waals surface area (Å²) in [6, 6.07) is 7.22. The van der Waals surface area contributed by atoms with Crippen LogP contribution in [0.1, 0.15) is 35.2 Å². The first-order valence-electron chi connectivity index (χ1n) is 7.36. The van der Waals surface area contributed by atoms with E-state index in [9.17, 15) is 4.79 Å². The zero-order chi connectivity index (χ0) is 14.9. The van der Waals surface area contributed by atoms with Crippen LogP contribution >= 0.6 is 0 Å². The summed E-state index contributed by atoms with van der Waals surface area (Å²) in [7, 11) is 0. The first-order chi connectivity index (χ1) is 10.3. The summed E-state index contributed by atoms with van der Waals surface area (Å²) < 4.78 is 5.48. The molecule has 1 fully saturated rings. The van der Waals surface area contributed by atoms with Gasteiger partial charge in [-0.05, 0) is 30.9 Å². The van der Waals surface area contributed by atoms with E-state index < -0.39 is 0 Å². The fourth-order valence-corrected chi connectivity index (χ4v) is 1.87. The van der Waals surface area contributed by atoms with Gasteiger partial charge in [0.2, 0.25) is 0 Å². The van der Waals surface area contributed by atoms with Crippen LogP contribution in [0.2, 0.25) is 0 Å². The number of benzene rings is 1. The van der Waals surface area contributed by atoms with Crippen LogP contribution in [0.4, 0.5) is 0 Å². The fraction of sp³-hybridized carbons (Fsp3) is 0.471. The van der Waals surface area contributed by atoms with Crippen LogP contribution in [0.5, 0.6) is 0 Å². The van der Waals surface area contributed by atoms with Gasteiger partial charge in [-0.3, -0.25) is 4.79 Å². The molecule has 0 bridgehead atoms. The maximum Gasteiger partial charge on any atom is 0.252 e. The molecule has 21 heavy (non-hydrogen) atoms. The Bertz CT molecular complexity index is 526. The summed E-state index contributed by atoms with van der Waals surface area (Å²) in [5.41, 5.74) is 1.24. The molecule has 112 valence electrons. The highest BCUT2D eigenvalue weighted by molar-refractivity contribution is 5.96. The Hall–Kier alpha value is -1.83. The molecule has 1 saturated carbocycles. The monoisotopic (exact) mass is 287 g/mol. The molecule has 1 aromatic rings. The topological polar surface area (TPSA) is 58.6 Å². The number of aliphatic hydroxyl groups is 1. The highest BCUT2D eigenvalue weighted by atomic mass is 16.5. The van der Waals surface area contributed by atoms with E-state index in [4.69, 9.17) is 9.84 Å². The van der Waals surface area contributed by atoms with Gasteiger partial charge in [0.15, 0.2) is 0 Å². The van der Waals surface area contributed by atoms with Crippen molar-refractivity contribution in [3.63, 3.8) is 0 Å². The molecule has 4 heteroatoms. The van der Waals surface area contributed by atoms with Crippen molar-refractivity contribution in [1.29, 1.82) is 0 Å². The van der Waals surface area contributed by atoms with Gasteiger partial charge in [0, 0.05) is 25.1 Å². The minimum atomic E-state index is -0.140. The molecular formula is C17H21NO3. The van der Waals surface area contributed by atoms with Gasteiger partial charge in [0.05, 0.1) is 18.8 Å². The van der Waals surface area contributed by atoms with Gasteiger partial charge in [-0.2, -0.15) is 0 Å². The molecule has 0 unspecified atom stereocenters. The van der Waals surface area contributed by atoms with Gasteiger partial charge in [-0.25, -0.2) is 0 Å². The largest absolute Gasteiger partial charge is 0.395 e. The molecule has 0 radical (unpaired) electrons. The van der Waals surface area contributed by atoms with Crippen LogP contribution in [0.25, 0.3) is 0 Å². The third kappa shape index (κ3) is 5.58. The highest BCUT2D eigenvalue weighted by Gasteiger charge is 2.20. The first-order valence-corrected chi connectivity index (χ1v) is 7.36. The molecule has 1 aromatic carbocycles. The molecule has 1 aliphatic rings. The average Bonchev–Trinajstić information content (AvgIpc) is 3.32. The van der Waals surface area contributed by atoms with E-state index in [1.807, 2.05) is 18.2 Å².